The summed E-state index contributed by atoms with van der Waals surface area (Å²) in [4.78, 5) is 12.2. The summed E-state index contributed by atoms with van der Waals surface area (Å²) in [5.74, 6) is 0.223. The summed E-state index contributed by atoms with van der Waals surface area (Å²) in [6, 6.07) is 7.32. The summed E-state index contributed by atoms with van der Waals surface area (Å²) in [6.07, 6.45) is 0. The van der Waals surface area contributed by atoms with E-state index < -0.39 is 5.54 Å². The lowest BCUT2D eigenvalue weighted by Crippen LogP contribution is -2.57. The number of carbonyl (C=O) groups is 1. The number of carbonyl (C=O) groups excluding carboxylic acids is 1. The lowest BCUT2D eigenvalue weighted by molar-refractivity contribution is -0.152. The first kappa shape index (κ1) is 17.5. The lowest BCUT2D eigenvalue weighted by atomic mass is 10.0. The van der Waals surface area contributed by atoms with Crippen molar-refractivity contribution in [2.45, 2.75) is 45.9 Å². The highest BCUT2D eigenvalue weighted by molar-refractivity contribution is 5.80. The molecule has 0 aliphatic carbocycles. The molecule has 2 N–H and O–H groups in total. The van der Waals surface area contributed by atoms with Gasteiger partial charge in [0.2, 0.25) is 0 Å². The third kappa shape index (κ3) is 5.02. The largest absolute Gasteiger partial charge is 0.491 e. The maximum Gasteiger partial charge on any atom is 0.329 e. The van der Waals surface area contributed by atoms with Gasteiger partial charge in [0.25, 0.3) is 0 Å². The average molecular weight is 295 g/mol. The van der Waals surface area contributed by atoms with E-state index in [0.717, 1.165) is 0 Å². The molecule has 0 fully saturated rings. The highest BCUT2D eigenvalue weighted by Crippen LogP contribution is 2.20. The van der Waals surface area contributed by atoms with E-state index in [1.807, 2.05) is 26.0 Å². The molecule has 5 heteroatoms. The molecule has 1 unspecified atom stereocenters. The summed E-state index contributed by atoms with van der Waals surface area (Å²) in [6.45, 7) is 7.78. The van der Waals surface area contributed by atoms with Crippen LogP contribution in [-0.2, 0) is 16.1 Å². The normalized spacial score (nSPS) is 13.8. The second kappa shape index (κ2) is 8.00. The lowest BCUT2D eigenvalue weighted by Gasteiger charge is -2.30. The van der Waals surface area contributed by atoms with Crippen LogP contribution < -0.4 is 10.1 Å². The third-order valence-electron chi connectivity index (χ3n) is 2.99. The number of esters is 1. The number of aliphatic hydroxyl groups excluding tert-OH is 1. The Morgan fingerprint density at radius 2 is 2.05 bits per heavy atom. The molecule has 0 radical (unpaired) electrons. The second-order valence-corrected chi connectivity index (χ2v) is 5.41. The van der Waals surface area contributed by atoms with Crippen molar-refractivity contribution in [1.29, 1.82) is 0 Å². The van der Waals surface area contributed by atoms with Gasteiger partial charge in [-0.2, -0.15) is 0 Å². The molecule has 118 valence electrons. The zero-order valence-electron chi connectivity index (χ0n) is 13.2. The zero-order valence-corrected chi connectivity index (χ0v) is 13.2. The number of hydrogen-bond donors (Lipinski definition) is 2. The molecule has 0 spiro atoms. The first-order valence-electron chi connectivity index (χ1n) is 7.19. The minimum atomic E-state index is -0.938. The first-order chi connectivity index (χ1) is 9.92. The smallest absolute Gasteiger partial charge is 0.329 e. The highest BCUT2D eigenvalue weighted by Gasteiger charge is 2.36. The molecule has 0 heterocycles. The molecule has 1 aromatic rings. The van der Waals surface area contributed by atoms with Gasteiger partial charge < -0.3 is 14.6 Å². The molecule has 0 saturated carbocycles. The molecular formula is C16H25NO4. The van der Waals surface area contributed by atoms with Crippen LogP contribution >= 0.6 is 0 Å². The van der Waals surface area contributed by atoms with Crippen LogP contribution in [0.3, 0.4) is 0 Å². The molecule has 0 bridgehead atoms. The van der Waals surface area contributed by atoms with Gasteiger partial charge >= 0.3 is 5.97 Å². The first-order valence-corrected chi connectivity index (χ1v) is 7.19. The summed E-state index contributed by atoms with van der Waals surface area (Å²) < 4.78 is 10.9. The van der Waals surface area contributed by atoms with E-state index in [-0.39, 0.29) is 25.2 Å². The van der Waals surface area contributed by atoms with Gasteiger partial charge in [-0.3, -0.25) is 5.32 Å². The van der Waals surface area contributed by atoms with Crippen LogP contribution in [-0.4, -0.2) is 35.9 Å². The van der Waals surface area contributed by atoms with Gasteiger partial charge in [-0.1, -0.05) is 18.2 Å². The second-order valence-electron chi connectivity index (χ2n) is 5.41. The Morgan fingerprint density at radius 3 is 2.62 bits per heavy atom. The molecule has 5 nitrogen and oxygen atoms in total. The van der Waals surface area contributed by atoms with E-state index in [2.05, 4.69) is 5.32 Å². The minimum absolute atomic E-state index is 0.107. The Bertz CT molecular complexity index is 461. The summed E-state index contributed by atoms with van der Waals surface area (Å²) in [5, 5.41) is 12.5. The fourth-order valence-corrected chi connectivity index (χ4v) is 2.08. The molecule has 0 saturated heterocycles. The standard InChI is InChI=1S/C16H25NO4/c1-5-20-15(19)16(4,17-12(2)3)11-21-14-9-7-6-8-13(14)10-18/h6-9,12,17-18H,5,10-11H2,1-4H3. The van der Waals surface area contributed by atoms with Crippen molar-refractivity contribution in [2.75, 3.05) is 13.2 Å². The van der Waals surface area contributed by atoms with Crippen molar-refractivity contribution in [3.63, 3.8) is 0 Å². The van der Waals surface area contributed by atoms with E-state index in [9.17, 15) is 9.90 Å². The van der Waals surface area contributed by atoms with Crippen LogP contribution in [0.1, 0.15) is 33.3 Å². The molecule has 0 aliphatic rings. The van der Waals surface area contributed by atoms with Gasteiger partial charge in [0.1, 0.15) is 17.9 Å². The van der Waals surface area contributed by atoms with Gasteiger partial charge in [-0.15, -0.1) is 0 Å². The van der Waals surface area contributed by atoms with E-state index in [1.54, 1.807) is 26.0 Å². The van der Waals surface area contributed by atoms with E-state index in [4.69, 9.17) is 9.47 Å². The molecule has 1 aromatic carbocycles. The quantitative estimate of drug-likeness (QED) is 0.717. The van der Waals surface area contributed by atoms with Crippen LogP contribution in [0, 0.1) is 0 Å². The van der Waals surface area contributed by atoms with Crippen LogP contribution in [0.15, 0.2) is 24.3 Å². The van der Waals surface area contributed by atoms with E-state index in [1.165, 1.54) is 0 Å². The topological polar surface area (TPSA) is 67.8 Å². The van der Waals surface area contributed by atoms with Gasteiger partial charge in [0, 0.05) is 11.6 Å². The Labute approximate surface area is 126 Å². The fraction of sp³-hybridized carbons (Fsp3) is 0.562. The minimum Gasteiger partial charge on any atom is -0.491 e. The van der Waals surface area contributed by atoms with E-state index >= 15 is 0 Å². The Morgan fingerprint density at radius 1 is 1.38 bits per heavy atom. The van der Waals surface area contributed by atoms with Gasteiger partial charge in [0.15, 0.2) is 0 Å². The number of nitrogens with one attached hydrogen (secondary N) is 1. The fourth-order valence-electron chi connectivity index (χ4n) is 2.08. The van der Waals surface area contributed by atoms with Crippen molar-refractivity contribution in [3.8, 4) is 5.75 Å². The van der Waals surface area contributed by atoms with Crippen LogP contribution in [0.25, 0.3) is 0 Å². The summed E-state index contributed by atoms with van der Waals surface area (Å²) in [7, 11) is 0. The van der Waals surface area contributed by atoms with E-state index in [0.29, 0.717) is 17.9 Å². The van der Waals surface area contributed by atoms with Crippen molar-refractivity contribution in [3.05, 3.63) is 29.8 Å². The molecule has 1 rings (SSSR count). The predicted octanol–water partition coefficient (Wildman–Crippen LogP) is 1.88. The number of benzene rings is 1. The molecule has 0 aromatic heterocycles. The molecule has 0 amide bonds. The SMILES string of the molecule is CCOC(=O)C(C)(COc1ccccc1CO)NC(C)C. The maximum atomic E-state index is 12.2. The number of ether oxygens (including phenoxy) is 2. The van der Waals surface area contributed by atoms with Crippen LogP contribution in [0.2, 0.25) is 0 Å². The van der Waals surface area contributed by atoms with Crippen LogP contribution in [0.5, 0.6) is 5.75 Å². The molecule has 21 heavy (non-hydrogen) atoms. The highest BCUT2D eigenvalue weighted by atomic mass is 16.5. The number of aliphatic hydroxyl groups is 1. The predicted molar refractivity (Wildman–Crippen MR) is 81.2 cm³/mol. The number of para-hydroxylation sites is 1. The Kier molecular flexibility index (Phi) is 6.65. The molecular weight excluding hydrogens is 270 g/mol. The summed E-state index contributed by atoms with van der Waals surface area (Å²) in [5.41, 5.74) is -0.250. The average Bonchev–Trinajstić information content (AvgIpc) is 2.45. The molecule has 1 atom stereocenters. The van der Waals surface area contributed by atoms with Gasteiger partial charge in [-0.25, -0.2) is 4.79 Å². The monoisotopic (exact) mass is 295 g/mol. The number of hydrogen-bond acceptors (Lipinski definition) is 5. The van der Waals surface area contributed by atoms with Crippen molar-refractivity contribution >= 4 is 5.97 Å². The van der Waals surface area contributed by atoms with Crippen LogP contribution in [0.4, 0.5) is 0 Å². The molecule has 0 aliphatic heterocycles. The van der Waals surface area contributed by atoms with Gasteiger partial charge in [-0.05, 0) is 33.8 Å². The third-order valence-corrected chi connectivity index (χ3v) is 2.99. The zero-order chi connectivity index (χ0) is 15.9. The van der Waals surface area contributed by atoms with Crippen molar-refractivity contribution in [2.24, 2.45) is 0 Å². The maximum absolute atomic E-state index is 12.2. The van der Waals surface area contributed by atoms with Gasteiger partial charge in [0.05, 0.1) is 13.2 Å². The van der Waals surface area contributed by atoms with Crippen molar-refractivity contribution < 1.29 is 19.4 Å². The summed E-state index contributed by atoms with van der Waals surface area (Å²) >= 11 is 0. The van der Waals surface area contributed by atoms with Crippen molar-refractivity contribution in [1.82, 2.24) is 5.32 Å². The Hall–Kier alpha value is -1.59. The number of rotatable bonds is 8. The Balaban J connectivity index is 2.84.